The summed E-state index contributed by atoms with van der Waals surface area (Å²) in [6, 6.07) is 12.3. The van der Waals surface area contributed by atoms with Crippen LogP contribution in [-0.4, -0.2) is 52.8 Å². The van der Waals surface area contributed by atoms with Gasteiger partial charge in [0.1, 0.15) is 30.2 Å². The summed E-state index contributed by atoms with van der Waals surface area (Å²) in [5.41, 5.74) is 2.05. The fourth-order valence-electron chi connectivity index (χ4n) is 3.37. The van der Waals surface area contributed by atoms with Gasteiger partial charge in [-0.3, -0.25) is 0 Å². The summed E-state index contributed by atoms with van der Waals surface area (Å²) < 4.78 is 38.6. The van der Waals surface area contributed by atoms with Crippen molar-refractivity contribution in [2.75, 3.05) is 13.2 Å². The number of ether oxygens (including phenoxy) is 2. The summed E-state index contributed by atoms with van der Waals surface area (Å²) >= 11 is 6.29. The molecule has 0 aromatic heterocycles. The van der Waals surface area contributed by atoms with Crippen molar-refractivity contribution < 1.29 is 33.6 Å². The van der Waals surface area contributed by atoms with Crippen LogP contribution in [0.3, 0.4) is 0 Å². The van der Waals surface area contributed by atoms with E-state index in [1.54, 1.807) is 18.2 Å². The average Bonchev–Trinajstić information content (AvgIpc) is 2.70. The van der Waals surface area contributed by atoms with E-state index in [0.717, 1.165) is 11.3 Å². The predicted molar refractivity (Wildman–Crippen MR) is 104 cm³/mol. The van der Waals surface area contributed by atoms with E-state index in [2.05, 4.69) is 0 Å². The van der Waals surface area contributed by atoms with Gasteiger partial charge in [-0.2, -0.15) is 0 Å². The maximum atomic E-state index is 14.0. The van der Waals surface area contributed by atoms with Crippen LogP contribution in [0.1, 0.15) is 29.7 Å². The van der Waals surface area contributed by atoms with Crippen molar-refractivity contribution in [3.05, 3.63) is 64.2 Å². The second kappa shape index (κ2) is 8.93. The van der Waals surface area contributed by atoms with E-state index in [-0.39, 0.29) is 0 Å². The molecule has 0 aliphatic carbocycles. The Balaban J connectivity index is 1.84. The molecular weight excluding hydrogens is 406 g/mol. The predicted octanol–water partition coefficient (Wildman–Crippen LogP) is 3.12. The van der Waals surface area contributed by atoms with Crippen LogP contribution in [0.15, 0.2) is 42.5 Å². The Morgan fingerprint density at radius 2 is 1.83 bits per heavy atom. The molecule has 1 aliphatic heterocycles. The number of hydrogen-bond donors (Lipinski definition) is 3. The third-order valence-corrected chi connectivity index (χ3v) is 5.33. The maximum Gasteiger partial charge on any atom is 0.303 e. The highest BCUT2D eigenvalue weighted by Gasteiger charge is 2.57. The van der Waals surface area contributed by atoms with E-state index in [0.29, 0.717) is 29.2 Å². The lowest BCUT2D eigenvalue weighted by Crippen LogP contribution is -2.59. The fourth-order valence-corrected chi connectivity index (χ4v) is 3.55. The van der Waals surface area contributed by atoms with Crippen LogP contribution < -0.4 is 4.74 Å². The van der Waals surface area contributed by atoms with Gasteiger partial charge in [0.05, 0.1) is 13.2 Å². The normalized spacial score (nSPS) is 26.3. The van der Waals surface area contributed by atoms with Gasteiger partial charge in [-0.15, -0.1) is 0 Å². The van der Waals surface area contributed by atoms with E-state index in [9.17, 15) is 24.1 Å². The molecule has 0 radical (unpaired) electrons. The highest BCUT2D eigenvalue weighted by atomic mass is 35.5. The first-order valence-electron chi connectivity index (χ1n) is 9.28. The third kappa shape index (κ3) is 4.54. The number of rotatable bonds is 6. The van der Waals surface area contributed by atoms with Gasteiger partial charge in [0.2, 0.25) is 0 Å². The van der Waals surface area contributed by atoms with Crippen LogP contribution in [0, 0.1) is 0 Å². The lowest BCUT2D eigenvalue weighted by atomic mass is 9.89. The molecule has 5 nitrogen and oxygen atoms in total. The van der Waals surface area contributed by atoms with E-state index in [4.69, 9.17) is 21.1 Å². The summed E-state index contributed by atoms with van der Waals surface area (Å²) in [6.45, 7) is 1.48. The van der Waals surface area contributed by atoms with Crippen LogP contribution in [-0.2, 0) is 11.2 Å². The molecule has 1 fully saturated rings. The SMILES string of the molecule is CCOc1ccc(Cc2cc([C@@H]3O[C@H](CO)C(F)(F)[C@H](O)[C@H]3O)ccc2Cl)cc1. The number of hydrogen-bond acceptors (Lipinski definition) is 5. The molecule has 0 saturated carbocycles. The topological polar surface area (TPSA) is 79.2 Å². The van der Waals surface area contributed by atoms with Crippen molar-refractivity contribution >= 4 is 11.6 Å². The molecule has 2 aromatic carbocycles. The highest BCUT2D eigenvalue weighted by Crippen LogP contribution is 2.41. The zero-order valence-corrected chi connectivity index (χ0v) is 16.5. The Bertz CT molecular complexity index is 826. The molecule has 1 aliphatic rings. The highest BCUT2D eigenvalue weighted by molar-refractivity contribution is 6.31. The standard InChI is InChI=1S/C21H23ClF2O5/c1-2-28-15-6-3-12(4-7-15)9-14-10-13(5-8-16(14)22)19-18(26)20(27)21(23,24)17(11-25)29-19/h3-8,10,17-20,25-27H,2,9,11H2,1H3/t17-,18+,19+,20-/m1/s1. The third-order valence-electron chi connectivity index (χ3n) is 4.96. The monoisotopic (exact) mass is 428 g/mol. The number of halogens is 3. The van der Waals surface area contributed by atoms with Gasteiger partial charge in [0.15, 0.2) is 0 Å². The summed E-state index contributed by atoms with van der Waals surface area (Å²) in [6.07, 6.45) is -6.89. The van der Waals surface area contributed by atoms with Crippen LogP contribution in [0.4, 0.5) is 8.78 Å². The Morgan fingerprint density at radius 3 is 2.45 bits per heavy atom. The lowest BCUT2D eigenvalue weighted by Gasteiger charge is -2.42. The van der Waals surface area contributed by atoms with Gasteiger partial charge < -0.3 is 24.8 Å². The zero-order valence-electron chi connectivity index (χ0n) is 15.8. The number of alkyl halides is 2. The second-order valence-electron chi connectivity index (χ2n) is 6.94. The first-order valence-corrected chi connectivity index (χ1v) is 9.66. The van der Waals surface area contributed by atoms with Gasteiger partial charge in [0.25, 0.3) is 0 Å². The van der Waals surface area contributed by atoms with Gasteiger partial charge in [-0.1, -0.05) is 35.9 Å². The van der Waals surface area contributed by atoms with Crippen LogP contribution in [0.5, 0.6) is 5.75 Å². The van der Waals surface area contributed by atoms with E-state index < -0.39 is 36.9 Å². The number of aliphatic hydroxyl groups excluding tert-OH is 3. The molecule has 1 heterocycles. The minimum absolute atomic E-state index is 0.385. The Hall–Kier alpha value is -1.77. The minimum Gasteiger partial charge on any atom is -0.494 e. The maximum absolute atomic E-state index is 14.0. The molecule has 2 aromatic rings. The van der Waals surface area contributed by atoms with Gasteiger partial charge in [-0.25, -0.2) is 8.78 Å². The molecule has 3 N–H and O–H groups in total. The van der Waals surface area contributed by atoms with Crippen LogP contribution >= 0.6 is 11.6 Å². The van der Waals surface area contributed by atoms with Crippen LogP contribution in [0.2, 0.25) is 5.02 Å². The fraction of sp³-hybridized carbons (Fsp3) is 0.429. The average molecular weight is 429 g/mol. The summed E-state index contributed by atoms with van der Waals surface area (Å²) in [7, 11) is 0. The van der Waals surface area contributed by atoms with Crippen LogP contribution in [0.25, 0.3) is 0 Å². The molecular formula is C21H23ClF2O5. The minimum atomic E-state index is -3.76. The van der Waals surface area contributed by atoms with E-state index >= 15 is 0 Å². The van der Waals surface area contributed by atoms with Crippen molar-refractivity contribution in [1.29, 1.82) is 0 Å². The van der Waals surface area contributed by atoms with Crippen molar-refractivity contribution in [1.82, 2.24) is 0 Å². The lowest BCUT2D eigenvalue weighted by molar-refractivity contribution is -0.296. The van der Waals surface area contributed by atoms with Crippen molar-refractivity contribution in [2.24, 2.45) is 0 Å². The summed E-state index contributed by atoms with van der Waals surface area (Å²) in [4.78, 5) is 0. The Morgan fingerprint density at radius 1 is 1.14 bits per heavy atom. The largest absolute Gasteiger partial charge is 0.494 e. The van der Waals surface area contributed by atoms with Crippen molar-refractivity contribution in [3.63, 3.8) is 0 Å². The molecule has 0 bridgehead atoms. The van der Waals surface area contributed by atoms with Crippen molar-refractivity contribution in [2.45, 2.75) is 43.7 Å². The molecule has 4 atom stereocenters. The number of benzene rings is 2. The first-order chi connectivity index (χ1) is 13.8. The first kappa shape index (κ1) is 21.9. The van der Waals surface area contributed by atoms with E-state index in [1.807, 2.05) is 31.2 Å². The molecule has 0 amide bonds. The number of aliphatic hydroxyl groups is 3. The Labute approximate surface area is 172 Å². The van der Waals surface area contributed by atoms with Gasteiger partial charge in [-0.05, 0) is 48.2 Å². The van der Waals surface area contributed by atoms with E-state index in [1.165, 1.54) is 0 Å². The molecule has 3 rings (SSSR count). The molecule has 0 spiro atoms. The molecule has 158 valence electrons. The summed E-state index contributed by atoms with van der Waals surface area (Å²) in [5.74, 6) is -3.01. The van der Waals surface area contributed by atoms with Crippen molar-refractivity contribution in [3.8, 4) is 5.75 Å². The second-order valence-corrected chi connectivity index (χ2v) is 7.35. The quantitative estimate of drug-likeness (QED) is 0.659. The zero-order chi connectivity index (χ0) is 21.2. The molecule has 29 heavy (non-hydrogen) atoms. The molecule has 8 heteroatoms. The molecule has 1 saturated heterocycles. The Kier molecular flexibility index (Phi) is 6.76. The smallest absolute Gasteiger partial charge is 0.303 e. The summed E-state index contributed by atoms with van der Waals surface area (Å²) in [5, 5.41) is 29.7. The van der Waals surface area contributed by atoms with Gasteiger partial charge >= 0.3 is 5.92 Å². The molecule has 0 unspecified atom stereocenters. The van der Waals surface area contributed by atoms with Gasteiger partial charge in [0, 0.05) is 5.02 Å².